The molecule has 180 valence electrons. The molecule has 0 unspecified atom stereocenters. The number of carbonyl (C=O) groups excluding carboxylic acids is 2. The zero-order chi connectivity index (χ0) is 24.7. The molecular formula is C27H27N3O5. The normalized spacial score (nSPS) is 14.5. The fraction of sp³-hybridized carbons (Fsp3) is 0.333. The van der Waals surface area contributed by atoms with E-state index in [1.807, 2.05) is 19.9 Å². The molecule has 0 atom stereocenters. The van der Waals surface area contributed by atoms with Gasteiger partial charge in [-0.25, -0.2) is 4.98 Å². The van der Waals surface area contributed by atoms with Gasteiger partial charge in [0, 0.05) is 30.1 Å². The molecule has 5 rings (SSSR count). The van der Waals surface area contributed by atoms with Crippen LogP contribution < -0.4 is 4.74 Å². The minimum Gasteiger partial charge on any atom is -0.497 e. The van der Waals surface area contributed by atoms with Gasteiger partial charge in [-0.05, 0) is 70.0 Å². The first kappa shape index (κ1) is 22.8. The number of aryl methyl sites for hydroxylation is 3. The van der Waals surface area contributed by atoms with E-state index in [4.69, 9.17) is 13.7 Å². The molecule has 0 spiro atoms. The molecule has 3 aromatic heterocycles. The number of rotatable bonds is 5. The molecule has 0 radical (unpaired) electrons. The van der Waals surface area contributed by atoms with Crippen molar-refractivity contribution in [2.75, 3.05) is 20.2 Å². The number of carbonyl (C=O) groups is 2. The van der Waals surface area contributed by atoms with Gasteiger partial charge in [0.15, 0.2) is 5.78 Å². The Kier molecular flexibility index (Phi) is 5.88. The summed E-state index contributed by atoms with van der Waals surface area (Å²) in [7, 11) is 1.60. The number of likely N-dealkylation sites (tertiary alicyclic amines) is 1. The number of Topliss-reactive ketones (excluding diaryl/α,β-unsaturated/α-hetero) is 1. The Balaban J connectivity index is 1.38. The van der Waals surface area contributed by atoms with Gasteiger partial charge < -0.3 is 18.6 Å². The molecule has 1 saturated heterocycles. The van der Waals surface area contributed by atoms with E-state index < -0.39 is 0 Å². The number of piperidine rings is 1. The van der Waals surface area contributed by atoms with Crippen LogP contribution in [0.15, 0.2) is 45.3 Å². The average molecular weight is 474 g/mol. The number of benzene rings is 1. The van der Waals surface area contributed by atoms with Crippen molar-refractivity contribution in [1.82, 2.24) is 15.0 Å². The van der Waals surface area contributed by atoms with E-state index in [0.29, 0.717) is 59.5 Å². The van der Waals surface area contributed by atoms with E-state index in [-0.39, 0.29) is 17.6 Å². The van der Waals surface area contributed by atoms with Crippen molar-refractivity contribution in [3.05, 3.63) is 64.7 Å². The molecule has 1 aliphatic rings. The van der Waals surface area contributed by atoms with Crippen molar-refractivity contribution in [3.8, 4) is 17.0 Å². The van der Waals surface area contributed by atoms with Crippen LogP contribution in [0.1, 0.15) is 50.8 Å². The molecule has 0 aliphatic carbocycles. The Morgan fingerprint density at radius 2 is 1.77 bits per heavy atom. The van der Waals surface area contributed by atoms with Crippen molar-refractivity contribution in [1.29, 1.82) is 0 Å². The molecule has 35 heavy (non-hydrogen) atoms. The van der Waals surface area contributed by atoms with Gasteiger partial charge in [-0.3, -0.25) is 9.59 Å². The molecule has 0 bridgehead atoms. The van der Waals surface area contributed by atoms with Crippen molar-refractivity contribution >= 4 is 22.8 Å². The second-order valence-corrected chi connectivity index (χ2v) is 8.99. The van der Waals surface area contributed by atoms with Crippen LogP contribution in [0.2, 0.25) is 0 Å². The van der Waals surface area contributed by atoms with Gasteiger partial charge in [0.05, 0.1) is 29.4 Å². The Hall–Kier alpha value is -3.94. The molecule has 1 aromatic carbocycles. The maximum absolute atomic E-state index is 13.7. The Bertz CT molecular complexity index is 1410. The summed E-state index contributed by atoms with van der Waals surface area (Å²) in [5, 5.41) is 4.66. The summed E-state index contributed by atoms with van der Waals surface area (Å²) in [5.41, 5.74) is 3.54. The van der Waals surface area contributed by atoms with Crippen molar-refractivity contribution in [2.24, 2.45) is 5.92 Å². The fourth-order valence-corrected chi connectivity index (χ4v) is 4.79. The number of pyridine rings is 1. The van der Waals surface area contributed by atoms with Crippen LogP contribution in [-0.2, 0) is 0 Å². The topological polar surface area (TPSA) is 98.7 Å². The zero-order valence-corrected chi connectivity index (χ0v) is 20.3. The third kappa shape index (κ3) is 4.20. The molecule has 8 nitrogen and oxygen atoms in total. The van der Waals surface area contributed by atoms with Gasteiger partial charge >= 0.3 is 0 Å². The first-order valence-electron chi connectivity index (χ1n) is 11.7. The minimum atomic E-state index is -0.116. The summed E-state index contributed by atoms with van der Waals surface area (Å²) >= 11 is 0. The first-order valence-corrected chi connectivity index (χ1v) is 11.7. The summed E-state index contributed by atoms with van der Waals surface area (Å²) in [6.45, 7) is 6.54. The van der Waals surface area contributed by atoms with Crippen molar-refractivity contribution in [3.63, 3.8) is 0 Å². The van der Waals surface area contributed by atoms with E-state index in [1.165, 1.54) is 0 Å². The number of aromatic nitrogens is 2. The van der Waals surface area contributed by atoms with Crippen LogP contribution in [0.3, 0.4) is 0 Å². The Morgan fingerprint density at radius 1 is 1.06 bits per heavy atom. The number of amides is 1. The molecule has 4 aromatic rings. The molecule has 1 aliphatic heterocycles. The third-order valence-corrected chi connectivity index (χ3v) is 6.69. The SMILES string of the molecule is COc1ccc(C(=O)C2CCN(C(=O)c3cc(-c4cc(C)oc4C)nc4onc(C)c34)CC2)cc1. The second kappa shape index (κ2) is 9.02. The summed E-state index contributed by atoms with van der Waals surface area (Å²) in [6.07, 6.45) is 1.22. The van der Waals surface area contributed by atoms with Crippen molar-refractivity contribution in [2.45, 2.75) is 33.6 Å². The number of furan rings is 1. The highest BCUT2D eigenvalue weighted by atomic mass is 16.5. The van der Waals surface area contributed by atoms with Gasteiger partial charge in [-0.2, -0.15) is 0 Å². The van der Waals surface area contributed by atoms with Crippen LogP contribution >= 0.6 is 0 Å². The van der Waals surface area contributed by atoms with E-state index >= 15 is 0 Å². The number of ether oxygens (including phenoxy) is 1. The molecule has 0 N–H and O–H groups in total. The lowest BCUT2D eigenvalue weighted by molar-refractivity contribution is 0.0652. The summed E-state index contributed by atoms with van der Waals surface area (Å²) in [4.78, 5) is 33.0. The Labute approximate surface area is 202 Å². The smallest absolute Gasteiger partial charge is 0.259 e. The fourth-order valence-electron chi connectivity index (χ4n) is 4.79. The highest BCUT2D eigenvalue weighted by Crippen LogP contribution is 2.32. The molecule has 1 fully saturated rings. The van der Waals surface area contributed by atoms with Crippen LogP contribution in [0.5, 0.6) is 5.75 Å². The quantitative estimate of drug-likeness (QED) is 0.370. The lowest BCUT2D eigenvalue weighted by Gasteiger charge is -2.31. The summed E-state index contributed by atoms with van der Waals surface area (Å²) in [6, 6.07) is 10.9. The van der Waals surface area contributed by atoms with Crippen LogP contribution in [-0.4, -0.2) is 46.9 Å². The zero-order valence-electron chi connectivity index (χ0n) is 20.3. The van der Waals surface area contributed by atoms with Gasteiger partial charge in [0.2, 0.25) is 0 Å². The molecule has 1 amide bonds. The minimum absolute atomic E-state index is 0.106. The average Bonchev–Trinajstić information content (AvgIpc) is 3.43. The number of fused-ring (bicyclic) bond motifs is 1. The first-order chi connectivity index (χ1) is 16.9. The standard InChI is InChI=1S/C27H27N3O5/c1-15-13-21(17(3)34-15)23-14-22(24-16(2)29-35-26(24)28-23)27(32)30-11-9-19(10-12-30)25(31)18-5-7-20(33-4)8-6-18/h5-8,13-14,19H,9-12H2,1-4H3. The maximum Gasteiger partial charge on any atom is 0.259 e. The van der Waals surface area contributed by atoms with Crippen molar-refractivity contribution < 1.29 is 23.3 Å². The summed E-state index contributed by atoms with van der Waals surface area (Å²) in [5.74, 6) is 2.09. The van der Waals surface area contributed by atoms with Crippen LogP contribution in [0.25, 0.3) is 22.4 Å². The van der Waals surface area contributed by atoms with E-state index in [1.54, 1.807) is 49.3 Å². The van der Waals surface area contributed by atoms with E-state index in [0.717, 1.165) is 22.8 Å². The maximum atomic E-state index is 13.7. The van der Waals surface area contributed by atoms with Gasteiger partial charge in [-0.15, -0.1) is 0 Å². The lowest BCUT2D eigenvalue weighted by atomic mass is 9.88. The highest BCUT2D eigenvalue weighted by molar-refractivity contribution is 6.07. The largest absolute Gasteiger partial charge is 0.497 e. The third-order valence-electron chi connectivity index (χ3n) is 6.69. The lowest BCUT2D eigenvalue weighted by Crippen LogP contribution is -2.40. The van der Waals surface area contributed by atoms with Gasteiger partial charge in [0.1, 0.15) is 17.3 Å². The number of nitrogens with zero attached hydrogens (tertiary/aromatic N) is 3. The van der Waals surface area contributed by atoms with E-state index in [2.05, 4.69) is 10.1 Å². The summed E-state index contributed by atoms with van der Waals surface area (Å²) < 4.78 is 16.3. The van der Waals surface area contributed by atoms with Crippen LogP contribution in [0.4, 0.5) is 0 Å². The molecule has 0 saturated carbocycles. The predicted octanol–water partition coefficient (Wildman–Crippen LogP) is 5.15. The predicted molar refractivity (Wildman–Crippen MR) is 130 cm³/mol. The van der Waals surface area contributed by atoms with E-state index in [9.17, 15) is 9.59 Å². The van der Waals surface area contributed by atoms with Gasteiger partial charge in [0.25, 0.3) is 11.6 Å². The molecular weight excluding hydrogens is 446 g/mol. The number of hydrogen-bond donors (Lipinski definition) is 0. The second-order valence-electron chi connectivity index (χ2n) is 8.99. The number of hydrogen-bond acceptors (Lipinski definition) is 7. The highest BCUT2D eigenvalue weighted by Gasteiger charge is 2.30. The molecule has 8 heteroatoms. The van der Waals surface area contributed by atoms with Crippen LogP contribution in [0, 0.1) is 26.7 Å². The molecule has 4 heterocycles. The number of ketones is 1. The van der Waals surface area contributed by atoms with Gasteiger partial charge in [-0.1, -0.05) is 5.16 Å². The monoisotopic (exact) mass is 473 g/mol. The number of methoxy groups -OCH3 is 1. The Morgan fingerprint density at radius 3 is 2.40 bits per heavy atom.